The average molecular weight is 262 g/mol. The monoisotopic (exact) mass is 260 g/mol. The minimum Gasteiger partial charge on any atom is -1.00 e. The van der Waals surface area contributed by atoms with Crippen LogP contribution in [0.1, 0.15) is 0 Å². The molecule has 10 heteroatoms. The summed E-state index contributed by atoms with van der Waals surface area (Å²) in [7, 11) is 0. The molecule has 0 fully saturated rings. The van der Waals surface area contributed by atoms with Gasteiger partial charge in [-0.1, -0.05) is 0 Å². The van der Waals surface area contributed by atoms with Crippen molar-refractivity contribution in [3.05, 3.63) is 0 Å². The largest absolute Gasteiger partial charge is 2.00 e. The third-order valence-corrected chi connectivity index (χ3v) is 0. The Morgan fingerprint density at radius 1 is 0.300 bits per heavy atom. The fourth-order valence-corrected chi connectivity index (χ4v) is 0. The zero-order valence-corrected chi connectivity index (χ0v) is 9.44. The molecule has 0 radical (unpaired) electrons. The van der Waals surface area contributed by atoms with E-state index in [-0.39, 0.29) is 82.6 Å². The van der Waals surface area contributed by atoms with Gasteiger partial charge in [-0.05, 0) is 0 Å². The van der Waals surface area contributed by atoms with Crippen LogP contribution >= 0.6 is 0 Å². The SMILES string of the molecule is O.O.O.O.O.O.O.[Cl-].[Cl-].[Zn+2]. The van der Waals surface area contributed by atoms with Gasteiger partial charge in [-0.2, -0.15) is 0 Å². The van der Waals surface area contributed by atoms with E-state index in [2.05, 4.69) is 0 Å². The van der Waals surface area contributed by atoms with Crippen molar-refractivity contribution < 1.29 is 82.6 Å². The summed E-state index contributed by atoms with van der Waals surface area (Å²) in [6.07, 6.45) is 0. The molecule has 0 rings (SSSR count). The van der Waals surface area contributed by atoms with Crippen molar-refractivity contribution in [1.82, 2.24) is 0 Å². The molecule has 0 amide bonds. The Morgan fingerprint density at radius 3 is 0.300 bits per heavy atom. The maximum absolute atomic E-state index is 0. The summed E-state index contributed by atoms with van der Waals surface area (Å²) in [5.41, 5.74) is 0. The number of hydrogen-bond acceptors (Lipinski definition) is 0. The first-order valence-corrected chi connectivity index (χ1v) is 0. The van der Waals surface area contributed by atoms with E-state index in [1.165, 1.54) is 0 Å². The minimum atomic E-state index is 0. The molecule has 0 aliphatic rings. The van der Waals surface area contributed by atoms with Crippen LogP contribution < -0.4 is 24.8 Å². The van der Waals surface area contributed by atoms with Gasteiger partial charge in [0.1, 0.15) is 0 Å². The van der Waals surface area contributed by atoms with Crippen LogP contribution in [0.25, 0.3) is 0 Å². The van der Waals surface area contributed by atoms with Gasteiger partial charge >= 0.3 is 19.5 Å². The quantitative estimate of drug-likeness (QED) is 0.371. The van der Waals surface area contributed by atoms with Crippen LogP contribution in [-0.4, -0.2) is 38.3 Å². The zero-order chi connectivity index (χ0) is 0. The molecular formula is H14Cl2O7Zn. The summed E-state index contributed by atoms with van der Waals surface area (Å²) in [6, 6.07) is 0. The number of hydrogen-bond donors (Lipinski definition) is 0. The second-order valence-electron chi connectivity index (χ2n) is 0. The molecule has 14 N–H and O–H groups in total. The Bertz CT molecular complexity index is 11.6. The Hall–Kier alpha value is 0.923. The standard InChI is InChI=1S/2ClH.7H2O.Zn/h2*1H;7*1H2;/q;;;;;;;;;+2/p-2. The molecule has 0 saturated carbocycles. The molecule has 0 unspecified atom stereocenters. The van der Waals surface area contributed by atoms with E-state index in [0.29, 0.717) is 0 Å². The van der Waals surface area contributed by atoms with E-state index in [0.717, 1.165) is 0 Å². The Labute approximate surface area is 82.9 Å². The molecule has 0 heterocycles. The van der Waals surface area contributed by atoms with Crippen LogP contribution in [0.15, 0.2) is 0 Å². The molecule has 0 spiro atoms. The molecule has 0 aromatic heterocycles. The molecule has 10 heavy (non-hydrogen) atoms. The summed E-state index contributed by atoms with van der Waals surface area (Å²) < 4.78 is 0. The molecule has 7 nitrogen and oxygen atoms in total. The van der Waals surface area contributed by atoms with E-state index < -0.39 is 0 Å². The van der Waals surface area contributed by atoms with Crippen LogP contribution in [0.5, 0.6) is 0 Å². The maximum atomic E-state index is 0. The Kier molecular flexibility index (Phi) is 117000. The first-order chi connectivity index (χ1) is 0. The van der Waals surface area contributed by atoms with E-state index >= 15 is 0 Å². The van der Waals surface area contributed by atoms with E-state index in [9.17, 15) is 0 Å². The normalized spacial score (nSPS) is 0. The van der Waals surface area contributed by atoms with Gasteiger partial charge < -0.3 is 63.1 Å². The smallest absolute Gasteiger partial charge is 1.00 e. The third-order valence-electron chi connectivity index (χ3n) is 0. The van der Waals surface area contributed by atoms with Gasteiger partial charge in [0.05, 0.1) is 0 Å². The van der Waals surface area contributed by atoms with Crippen molar-refractivity contribution in [3.63, 3.8) is 0 Å². The van der Waals surface area contributed by atoms with Gasteiger partial charge in [-0.3, -0.25) is 0 Å². The zero-order valence-electron chi connectivity index (χ0n) is 4.96. The topological polar surface area (TPSA) is 220 Å². The predicted molar refractivity (Wildman–Crippen MR) is 25.3 cm³/mol. The van der Waals surface area contributed by atoms with E-state index in [1.54, 1.807) is 0 Å². The average Bonchev–Trinajstić information content (AvgIpc) is 0. The first-order valence-electron chi connectivity index (χ1n) is 0. The van der Waals surface area contributed by atoms with E-state index in [1.807, 2.05) is 0 Å². The Morgan fingerprint density at radius 2 is 0.300 bits per heavy atom. The van der Waals surface area contributed by atoms with Crippen molar-refractivity contribution in [2.45, 2.75) is 0 Å². The molecule has 72 valence electrons. The van der Waals surface area contributed by atoms with Gasteiger partial charge in [-0.25, -0.2) is 0 Å². The van der Waals surface area contributed by atoms with Crippen LogP contribution in [0, 0.1) is 0 Å². The summed E-state index contributed by atoms with van der Waals surface area (Å²) in [5.74, 6) is 0. The fourth-order valence-electron chi connectivity index (χ4n) is 0. The molecule has 0 aliphatic carbocycles. The summed E-state index contributed by atoms with van der Waals surface area (Å²) >= 11 is 0. The molecule has 0 saturated heterocycles. The molecule has 0 aromatic carbocycles. The van der Waals surface area contributed by atoms with Crippen molar-refractivity contribution in [2.24, 2.45) is 0 Å². The predicted octanol–water partition coefficient (Wildman–Crippen LogP) is -11.8. The summed E-state index contributed by atoms with van der Waals surface area (Å²) in [5, 5.41) is 0. The van der Waals surface area contributed by atoms with Gasteiger partial charge in [-0.15, -0.1) is 0 Å². The summed E-state index contributed by atoms with van der Waals surface area (Å²) in [6.45, 7) is 0. The molecule has 0 bridgehead atoms. The number of rotatable bonds is 0. The maximum Gasteiger partial charge on any atom is 2.00 e. The van der Waals surface area contributed by atoms with Gasteiger partial charge in [0.2, 0.25) is 0 Å². The third kappa shape index (κ3) is 657. The van der Waals surface area contributed by atoms with Gasteiger partial charge in [0, 0.05) is 0 Å². The van der Waals surface area contributed by atoms with Crippen molar-refractivity contribution in [1.29, 1.82) is 0 Å². The van der Waals surface area contributed by atoms with Crippen molar-refractivity contribution in [2.75, 3.05) is 0 Å². The molecular weight excluding hydrogens is 248 g/mol. The molecule has 0 atom stereocenters. The van der Waals surface area contributed by atoms with Crippen LogP contribution in [0.2, 0.25) is 0 Å². The van der Waals surface area contributed by atoms with Crippen molar-refractivity contribution in [3.8, 4) is 0 Å². The second kappa shape index (κ2) is 927. The van der Waals surface area contributed by atoms with E-state index in [4.69, 9.17) is 0 Å². The van der Waals surface area contributed by atoms with Crippen LogP contribution in [-0.2, 0) is 19.5 Å². The minimum absolute atomic E-state index is 0. The number of halogens is 2. The Balaban J connectivity index is 0. The fraction of sp³-hybridized carbons (Fsp3) is 0. The first kappa shape index (κ1) is 1260. The van der Waals surface area contributed by atoms with Crippen LogP contribution in [0.3, 0.4) is 0 Å². The summed E-state index contributed by atoms with van der Waals surface area (Å²) in [4.78, 5) is 0. The molecule has 0 aliphatic heterocycles. The van der Waals surface area contributed by atoms with Crippen molar-refractivity contribution >= 4 is 0 Å². The second-order valence-corrected chi connectivity index (χ2v) is 0. The van der Waals surface area contributed by atoms with Gasteiger partial charge in [0.15, 0.2) is 0 Å². The van der Waals surface area contributed by atoms with Gasteiger partial charge in [0.25, 0.3) is 0 Å². The molecule has 0 aromatic rings. The van der Waals surface area contributed by atoms with Crippen LogP contribution in [0.4, 0.5) is 0 Å².